The third-order valence-electron chi connectivity index (χ3n) is 4.44. The minimum atomic E-state index is 0.277. The van der Waals surface area contributed by atoms with Crippen LogP contribution >= 0.6 is 0 Å². The molecule has 2 aromatic rings. The third-order valence-corrected chi connectivity index (χ3v) is 4.44. The van der Waals surface area contributed by atoms with E-state index in [0.717, 1.165) is 29.5 Å². The number of ether oxygens (including phenoxy) is 1. The molecule has 1 aromatic heterocycles. The summed E-state index contributed by atoms with van der Waals surface area (Å²) in [6, 6.07) is 8.13. The van der Waals surface area contributed by atoms with Crippen LogP contribution < -0.4 is 4.74 Å². The summed E-state index contributed by atoms with van der Waals surface area (Å²) in [4.78, 5) is 12.4. The molecular formula is C18H23NO2. The Labute approximate surface area is 125 Å². The highest BCUT2D eigenvalue weighted by Crippen LogP contribution is 2.26. The highest BCUT2D eigenvalue weighted by molar-refractivity contribution is 5.86. The van der Waals surface area contributed by atoms with Crippen molar-refractivity contribution in [2.45, 2.75) is 45.6 Å². The van der Waals surface area contributed by atoms with E-state index in [1.165, 1.54) is 19.3 Å². The van der Waals surface area contributed by atoms with Gasteiger partial charge in [0.15, 0.2) is 5.78 Å². The second kappa shape index (κ2) is 6.33. The maximum Gasteiger partial charge on any atom is 0.155 e. The highest BCUT2D eigenvalue weighted by Gasteiger charge is 2.21. The van der Waals surface area contributed by atoms with E-state index < -0.39 is 0 Å². The molecule has 1 aromatic carbocycles. The maximum atomic E-state index is 12.4. The van der Waals surface area contributed by atoms with Crippen LogP contribution in [0.4, 0.5) is 0 Å². The van der Waals surface area contributed by atoms with Crippen LogP contribution in [0.5, 0.6) is 5.75 Å². The van der Waals surface area contributed by atoms with E-state index in [2.05, 4.69) is 16.7 Å². The van der Waals surface area contributed by atoms with Crippen molar-refractivity contribution in [3.63, 3.8) is 0 Å². The molecule has 3 rings (SSSR count). The van der Waals surface area contributed by atoms with Crippen LogP contribution in [0.1, 0.15) is 39.0 Å². The molecule has 0 unspecified atom stereocenters. The maximum absolute atomic E-state index is 12.4. The van der Waals surface area contributed by atoms with Crippen molar-refractivity contribution in [2.75, 3.05) is 6.61 Å². The molecule has 3 heteroatoms. The first-order chi connectivity index (χ1) is 10.3. The summed E-state index contributed by atoms with van der Waals surface area (Å²) in [7, 11) is 0. The average molecular weight is 285 g/mol. The van der Waals surface area contributed by atoms with E-state index in [0.29, 0.717) is 18.9 Å². The predicted octanol–water partition coefficient (Wildman–Crippen LogP) is 4.19. The summed E-state index contributed by atoms with van der Waals surface area (Å²) in [6.07, 6.45) is 7.87. The fourth-order valence-electron chi connectivity index (χ4n) is 3.29. The molecule has 3 nitrogen and oxygen atoms in total. The number of carbonyl (C=O) groups is 1. The number of hydrogen-bond acceptors (Lipinski definition) is 2. The SMILES string of the molecule is CCOc1ccc2c(ccn2CC(=O)C2CCCCC2)c1. The Morgan fingerprint density at radius 2 is 2.05 bits per heavy atom. The number of Topliss-reactive ketones (excluding diaryl/α,β-unsaturated/α-hetero) is 1. The second-order valence-corrected chi connectivity index (χ2v) is 5.90. The van der Waals surface area contributed by atoms with Crippen molar-refractivity contribution in [3.05, 3.63) is 30.5 Å². The van der Waals surface area contributed by atoms with Crippen LogP contribution in [-0.4, -0.2) is 17.0 Å². The van der Waals surface area contributed by atoms with Gasteiger partial charge >= 0.3 is 0 Å². The van der Waals surface area contributed by atoms with Crippen LogP contribution in [0.25, 0.3) is 10.9 Å². The number of rotatable bonds is 5. The Kier molecular flexibility index (Phi) is 4.28. The monoisotopic (exact) mass is 285 g/mol. The topological polar surface area (TPSA) is 31.2 Å². The van der Waals surface area contributed by atoms with E-state index in [1.807, 2.05) is 25.3 Å². The average Bonchev–Trinajstić information content (AvgIpc) is 2.91. The molecule has 0 bridgehead atoms. The van der Waals surface area contributed by atoms with Gasteiger partial charge in [-0.15, -0.1) is 0 Å². The first kappa shape index (κ1) is 14.2. The van der Waals surface area contributed by atoms with Crippen LogP contribution in [0.2, 0.25) is 0 Å². The highest BCUT2D eigenvalue weighted by atomic mass is 16.5. The van der Waals surface area contributed by atoms with Crippen LogP contribution in [0.3, 0.4) is 0 Å². The summed E-state index contributed by atoms with van der Waals surface area (Å²) in [5.74, 6) is 1.56. The number of carbonyl (C=O) groups excluding carboxylic acids is 1. The number of hydrogen-bond donors (Lipinski definition) is 0. The molecular weight excluding hydrogens is 262 g/mol. The van der Waals surface area contributed by atoms with Gasteiger partial charge in [-0.1, -0.05) is 19.3 Å². The quantitative estimate of drug-likeness (QED) is 0.825. The first-order valence-corrected chi connectivity index (χ1v) is 8.02. The fourth-order valence-corrected chi connectivity index (χ4v) is 3.29. The van der Waals surface area contributed by atoms with Gasteiger partial charge in [-0.25, -0.2) is 0 Å². The molecule has 1 heterocycles. The van der Waals surface area contributed by atoms with Crippen LogP contribution in [0, 0.1) is 5.92 Å². The molecule has 0 N–H and O–H groups in total. The Bertz CT molecular complexity index is 623. The van der Waals surface area contributed by atoms with Crippen molar-refractivity contribution >= 4 is 16.7 Å². The summed E-state index contributed by atoms with van der Waals surface area (Å²) in [5.41, 5.74) is 1.11. The molecule has 0 aliphatic heterocycles. The number of nitrogens with zero attached hydrogens (tertiary/aromatic N) is 1. The van der Waals surface area contributed by atoms with Crippen LogP contribution in [0.15, 0.2) is 30.5 Å². The summed E-state index contributed by atoms with van der Waals surface area (Å²) >= 11 is 0. The molecule has 1 aliphatic carbocycles. The van der Waals surface area contributed by atoms with Gasteiger partial charge in [-0.3, -0.25) is 4.79 Å². The molecule has 1 aliphatic rings. The third kappa shape index (κ3) is 3.12. The largest absolute Gasteiger partial charge is 0.494 e. The minimum Gasteiger partial charge on any atom is -0.494 e. The van der Waals surface area contributed by atoms with Crippen molar-refractivity contribution in [1.29, 1.82) is 0 Å². The molecule has 0 saturated heterocycles. The summed E-state index contributed by atoms with van der Waals surface area (Å²) in [6.45, 7) is 3.16. The zero-order valence-electron chi connectivity index (χ0n) is 12.7. The van der Waals surface area contributed by atoms with E-state index in [9.17, 15) is 4.79 Å². The van der Waals surface area contributed by atoms with Crippen molar-refractivity contribution in [1.82, 2.24) is 4.57 Å². The zero-order valence-corrected chi connectivity index (χ0v) is 12.7. The Hall–Kier alpha value is -1.77. The van der Waals surface area contributed by atoms with Crippen molar-refractivity contribution in [2.24, 2.45) is 5.92 Å². The van der Waals surface area contributed by atoms with Gasteiger partial charge in [-0.2, -0.15) is 0 Å². The second-order valence-electron chi connectivity index (χ2n) is 5.90. The number of ketones is 1. The number of aromatic nitrogens is 1. The van der Waals surface area contributed by atoms with E-state index >= 15 is 0 Å². The molecule has 21 heavy (non-hydrogen) atoms. The lowest BCUT2D eigenvalue weighted by molar-refractivity contribution is -0.124. The molecule has 0 amide bonds. The molecule has 0 radical (unpaired) electrons. The Morgan fingerprint density at radius 3 is 2.81 bits per heavy atom. The summed E-state index contributed by atoms with van der Waals surface area (Å²) in [5, 5.41) is 1.14. The lowest BCUT2D eigenvalue weighted by atomic mass is 9.86. The molecule has 1 saturated carbocycles. The lowest BCUT2D eigenvalue weighted by Crippen LogP contribution is -2.22. The molecule has 112 valence electrons. The zero-order chi connectivity index (χ0) is 14.7. The number of fused-ring (bicyclic) bond motifs is 1. The van der Waals surface area contributed by atoms with E-state index in [4.69, 9.17) is 4.74 Å². The van der Waals surface area contributed by atoms with Gasteiger partial charge < -0.3 is 9.30 Å². The van der Waals surface area contributed by atoms with Gasteiger partial charge in [0.1, 0.15) is 5.75 Å². The minimum absolute atomic E-state index is 0.277. The standard InChI is InChI=1S/C18H23NO2/c1-2-21-16-8-9-17-15(12-16)10-11-19(17)13-18(20)14-6-4-3-5-7-14/h8-12,14H,2-7,13H2,1H3. The van der Waals surface area contributed by atoms with Crippen LogP contribution in [-0.2, 0) is 11.3 Å². The Balaban J connectivity index is 1.76. The normalized spacial score (nSPS) is 16.2. The predicted molar refractivity (Wildman–Crippen MR) is 84.7 cm³/mol. The van der Waals surface area contributed by atoms with Gasteiger partial charge in [0, 0.05) is 23.0 Å². The molecule has 0 atom stereocenters. The van der Waals surface area contributed by atoms with Gasteiger partial charge in [0.25, 0.3) is 0 Å². The first-order valence-electron chi connectivity index (χ1n) is 8.02. The smallest absolute Gasteiger partial charge is 0.155 e. The lowest BCUT2D eigenvalue weighted by Gasteiger charge is -2.20. The fraction of sp³-hybridized carbons (Fsp3) is 0.500. The van der Waals surface area contributed by atoms with Crippen molar-refractivity contribution < 1.29 is 9.53 Å². The van der Waals surface area contributed by atoms with Crippen molar-refractivity contribution in [3.8, 4) is 5.75 Å². The van der Waals surface area contributed by atoms with E-state index in [1.54, 1.807) is 0 Å². The van der Waals surface area contributed by atoms with E-state index in [-0.39, 0.29) is 5.92 Å². The molecule has 0 spiro atoms. The number of benzene rings is 1. The van der Waals surface area contributed by atoms with Gasteiger partial charge in [-0.05, 0) is 44.0 Å². The summed E-state index contributed by atoms with van der Waals surface area (Å²) < 4.78 is 7.59. The molecule has 1 fully saturated rings. The van der Waals surface area contributed by atoms with Gasteiger partial charge in [0.05, 0.1) is 13.2 Å². The van der Waals surface area contributed by atoms with Gasteiger partial charge in [0.2, 0.25) is 0 Å². The Morgan fingerprint density at radius 1 is 1.24 bits per heavy atom.